The summed E-state index contributed by atoms with van der Waals surface area (Å²) in [6.45, 7) is 8.88. The molecule has 0 bridgehead atoms. The highest BCUT2D eigenvalue weighted by Gasteiger charge is 2.35. The molecule has 6 nitrogen and oxygen atoms in total. The molecule has 0 spiro atoms. The quantitative estimate of drug-likeness (QED) is 0.233. The Labute approximate surface area is 218 Å². The van der Waals surface area contributed by atoms with Crippen LogP contribution in [0.15, 0.2) is 72.8 Å². The van der Waals surface area contributed by atoms with Crippen molar-refractivity contribution in [2.24, 2.45) is 0 Å². The van der Waals surface area contributed by atoms with Gasteiger partial charge in [0.25, 0.3) is 0 Å². The predicted molar refractivity (Wildman–Crippen MR) is 148 cm³/mol. The van der Waals surface area contributed by atoms with Crippen LogP contribution in [0.3, 0.4) is 0 Å². The molecule has 5 rings (SSSR count). The van der Waals surface area contributed by atoms with Crippen molar-refractivity contribution in [3.8, 4) is 11.5 Å². The maximum Gasteiger partial charge on any atom is 0.227 e. The molecular formula is C31H35N3O3. The number of amides is 1. The van der Waals surface area contributed by atoms with Crippen molar-refractivity contribution < 1.29 is 14.3 Å². The fraction of sp³-hybridized carbons (Fsp3) is 0.355. The fourth-order valence-electron chi connectivity index (χ4n) is 5.07. The monoisotopic (exact) mass is 497 g/mol. The van der Waals surface area contributed by atoms with Crippen molar-refractivity contribution in [2.45, 2.75) is 52.0 Å². The molecule has 0 saturated carbocycles. The zero-order chi connectivity index (χ0) is 25.8. The van der Waals surface area contributed by atoms with E-state index in [1.54, 1.807) is 0 Å². The summed E-state index contributed by atoms with van der Waals surface area (Å²) < 4.78 is 14.1. The Kier molecular flexibility index (Phi) is 7.45. The third-order valence-electron chi connectivity index (χ3n) is 6.97. The highest BCUT2D eigenvalue weighted by Crippen LogP contribution is 2.37. The van der Waals surface area contributed by atoms with Crippen LogP contribution in [0.25, 0.3) is 11.0 Å². The number of rotatable bonds is 10. The molecule has 1 saturated heterocycles. The van der Waals surface area contributed by atoms with Crippen molar-refractivity contribution >= 4 is 22.6 Å². The largest absolute Gasteiger partial charge is 0.494 e. The van der Waals surface area contributed by atoms with Gasteiger partial charge < -0.3 is 18.9 Å². The molecule has 3 aromatic carbocycles. The molecular weight excluding hydrogens is 462 g/mol. The van der Waals surface area contributed by atoms with Crippen molar-refractivity contribution in [1.29, 1.82) is 0 Å². The summed E-state index contributed by atoms with van der Waals surface area (Å²) in [5.41, 5.74) is 4.20. The third kappa shape index (κ3) is 5.33. The summed E-state index contributed by atoms with van der Waals surface area (Å²) in [5, 5.41) is 0. The number of imidazole rings is 1. The molecule has 1 fully saturated rings. The average molecular weight is 498 g/mol. The van der Waals surface area contributed by atoms with Gasteiger partial charge in [-0.2, -0.15) is 0 Å². The maximum absolute atomic E-state index is 13.1. The molecule has 1 unspecified atom stereocenters. The first-order valence-corrected chi connectivity index (χ1v) is 13.2. The molecule has 6 heteroatoms. The Balaban J connectivity index is 1.32. The first-order chi connectivity index (χ1) is 18.0. The topological polar surface area (TPSA) is 56.6 Å². The number of benzene rings is 3. The third-order valence-corrected chi connectivity index (χ3v) is 6.97. The van der Waals surface area contributed by atoms with E-state index in [0.29, 0.717) is 32.1 Å². The smallest absolute Gasteiger partial charge is 0.227 e. The number of nitrogens with zero attached hydrogens (tertiary/aromatic N) is 3. The van der Waals surface area contributed by atoms with Crippen molar-refractivity contribution in [3.63, 3.8) is 0 Å². The van der Waals surface area contributed by atoms with E-state index in [1.165, 1.54) is 5.56 Å². The molecule has 1 aromatic heterocycles. The van der Waals surface area contributed by atoms with Crippen LogP contribution in [0, 0.1) is 0 Å². The molecule has 1 atom stereocenters. The lowest BCUT2D eigenvalue weighted by Gasteiger charge is -2.20. The minimum Gasteiger partial charge on any atom is -0.494 e. The number of hydrogen-bond donors (Lipinski definition) is 0. The Morgan fingerprint density at radius 3 is 2.51 bits per heavy atom. The van der Waals surface area contributed by atoms with Gasteiger partial charge in [-0.05, 0) is 61.2 Å². The molecule has 1 aliphatic heterocycles. The van der Waals surface area contributed by atoms with Crippen molar-refractivity contribution in [2.75, 3.05) is 24.7 Å². The van der Waals surface area contributed by atoms with Gasteiger partial charge in [0, 0.05) is 25.4 Å². The lowest BCUT2D eigenvalue weighted by atomic mass is 10.0. The molecule has 2 heterocycles. The molecule has 37 heavy (non-hydrogen) atoms. The van der Waals surface area contributed by atoms with E-state index in [2.05, 4.69) is 36.6 Å². The number of carbonyl (C=O) groups excluding carboxylic acids is 1. The zero-order valence-electron chi connectivity index (χ0n) is 21.9. The van der Waals surface area contributed by atoms with Gasteiger partial charge in [-0.3, -0.25) is 4.79 Å². The SMILES string of the molecule is CCOc1ccccc1N1CC(c2nc3ccccc3n2CCCOc2ccc(C(C)C)cc2)CC1=O. The molecule has 0 aliphatic carbocycles. The second-order valence-electron chi connectivity index (χ2n) is 9.84. The second-order valence-corrected chi connectivity index (χ2v) is 9.84. The van der Waals surface area contributed by atoms with Crippen molar-refractivity contribution in [1.82, 2.24) is 9.55 Å². The van der Waals surface area contributed by atoms with Gasteiger partial charge in [0.05, 0.1) is 29.9 Å². The van der Waals surface area contributed by atoms with Crippen molar-refractivity contribution in [3.05, 3.63) is 84.2 Å². The van der Waals surface area contributed by atoms with Crippen LogP contribution in [-0.4, -0.2) is 35.2 Å². The first kappa shape index (κ1) is 24.9. The van der Waals surface area contributed by atoms with Crippen LogP contribution in [0.1, 0.15) is 56.8 Å². The van der Waals surface area contributed by atoms with Gasteiger partial charge in [-0.1, -0.05) is 50.2 Å². The zero-order valence-corrected chi connectivity index (χ0v) is 21.9. The normalized spacial score (nSPS) is 15.6. The number of carbonyl (C=O) groups is 1. The van der Waals surface area contributed by atoms with Crippen LogP contribution in [0.2, 0.25) is 0 Å². The molecule has 0 N–H and O–H groups in total. The van der Waals surface area contributed by atoms with E-state index < -0.39 is 0 Å². The number of hydrogen-bond acceptors (Lipinski definition) is 4. The standard InChI is InChI=1S/C31H35N3O3/c1-4-36-29-13-8-7-12-28(29)34-21-24(20-30(34)35)31-32-26-10-5-6-11-27(26)33(31)18-9-19-37-25-16-14-23(15-17-25)22(2)3/h5-8,10-17,22,24H,4,9,18-21H2,1-3H3. The maximum atomic E-state index is 13.1. The Bertz CT molecular complexity index is 1360. The van der Waals surface area contributed by atoms with E-state index in [-0.39, 0.29) is 11.8 Å². The summed E-state index contributed by atoms with van der Waals surface area (Å²) in [5.74, 6) is 3.22. The fourth-order valence-corrected chi connectivity index (χ4v) is 5.07. The van der Waals surface area contributed by atoms with E-state index in [4.69, 9.17) is 14.5 Å². The number of fused-ring (bicyclic) bond motifs is 1. The molecule has 1 amide bonds. The van der Waals surface area contributed by atoms with Gasteiger partial charge >= 0.3 is 0 Å². The highest BCUT2D eigenvalue weighted by molar-refractivity contribution is 5.97. The number of anilines is 1. The summed E-state index contributed by atoms with van der Waals surface area (Å²) >= 11 is 0. The van der Waals surface area contributed by atoms with Crippen LogP contribution >= 0.6 is 0 Å². The minimum absolute atomic E-state index is 0.0130. The molecule has 0 radical (unpaired) electrons. The van der Waals surface area contributed by atoms with E-state index in [0.717, 1.165) is 47.0 Å². The Morgan fingerprint density at radius 1 is 0.973 bits per heavy atom. The van der Waals surface area contributed by atoms with Gasteiger partial charge in [0.2, 0.25) is 5.91 Å². The van der Waals surface area contributed by atoms with Gasteiger partial charge in [-0.15, -0.1) is 0 Å². The Hall–Kier alpha value is -3.80. The molecule has 1 aliphatic rings. The van der Waals surface area contributed by atoms with Crippen LogP contribution in [0.5, 0.6) is 11.5 Å². The Morgan fingerprint density at radius 2 is 1.73 bits per heavy atom. The second kappa shape index (κ2) is 11.1. The number of ether oxygens (including phenoxy) is 2. The summed E-state index contributed by atoms with van der Waals surface area (Å²) in [7, 11) is 0. The predicted octanol–water partition coefficient (Wildman–Crippen LogP) is 6.55. The highest BCUT2D eigenvalue weighted by atomic mass is 16.5. The average Bonchev–Trinajstić information content (AvgIpc) is 3.48. The van der Waals surface area contributed by atoms with E-state index in [9.17, 15) is 4.79 Å². The lowest BCUT2D eigenvalue weighted by molar-refractivity contribution is -0.117. The summed E-state index contributed by atoms with van der Waals surface area (Å²) in [6.07, 6.45) is 1.28. The van der Waals surface area contributed by atoms with E-state index >= 15 is 0 Å². The number of para-hydroxylation sites is 4. The van der Waals surface area contributed by atoms with Gasteiger partial charge in [-0.25, -0.2) is 4.98 Å². The van der Waals surface area contributed by atoms with E-state index in [1.807, 2.05) is 66.4 Å². The van der Waals surface area contributed by atoms with Crippen LogP contribution in [-0.2, 0) is 11.3 Å². The molecule has 192 valence electrons. The van der Waals surface area contributed by atoms with Crippen LogP contribution < -0.4 is 14.4 Å². The first-order valence-electron chi connectivity index (χ1n) is 13.2. The van der Waals surface area contributed by atoms with Gasteiger partial charge in [0.1, 0.15) is 17.3 Å². The lowest BCUT2D eigenvalue weighted by Crippen LogP contribution is -2.25. The summed E-state index contributed by atoms with van der Waals surface area (Å²) in [6, 6.07) is 24.3. The minimum atomic E-state index is 0.0130. The van der Waals surface area contributed by atoms with Gasteiger partial charge in [0.15, 0.2) is 0 Å². The summed E-state index contributed by atoms with van der Waals surface area (Å²) in [4.78, 5) is 20.0. The molecule has 4 aromatic rings. The van der Waals surface area contributed by atoms with Crippen LogP contribution in [0.4, 0.5) is 5.69 Å². The number of aromatic nitrogens is 2. The number of aryl methyl sites for hydroxylation is 1.